The van der Waals surface area contributed by atoms with E-state index < -0.39 is 0 Å². The molecule has 1 aromatic carbocycles. The van der Waals surface area contributed by atoms with Crippen molar-refractivity contribution in [3.63, 3.8) is 0 Å². The van der Waals surface area contributed by atoms with Crippen molar-refractivity contribution in [2.45, 2.75) is 0 Å². The van der Waals surface area contributed by atoms with Gasteiger partial charge in [-0.25, -0.2) is 0 Å². The summed E-state index contributed by atoms with van der Waals surface area (Å²) in [5.74, 6) is 1.06. The molecule has 4 aromatic rings. The number of benzene rings is 1. The third-order valence-electron chi connectivity index (χ3n) is 2.98. The first kappa shape index (κ1) is 11.6. The van der Waals surface area contributed by atoms with Crippen LogP contribution >= 0.6 is 22.7 Å². The van der Waals surface area contributed by atoms with Gasteiger partial charge in [-0.2, -0.15) is 4.98 Å². The highest BCUT2D eigenvalue weighted by Crippen LogP contribution is 2.36. The molecule has 3 heterocycles. The average molecular weight is 299 g/mol. The Balaban J connectivity index is 1.78. The fourth-order valence-electron chi connectivity index (χ4n) is 2.00. The molecule has 4 nitrogen and oxygen atoms in total. The first-order valence-electron chi connectivity index (χ1n) is 5.97. The van der Waals surface area contributed by atoms with Crippen LogP contribution in [0.5, 0.6) is 0 Å². The number of thiophene rings is 2. The Morgan fingerprint density at radius 1 is 1.10 bits per heavy atom. The van der Waals surface area contributed by atoms with Crippen LogP contribution in [-0.2, 0) is 0 Å². The molecule has 0 aliphatic rings. The number of aromatic nitrogens is 2. The summed E-state index contributed by atoms with van der Waals surface area (Å²) in [6, 6.07) is 11.7. The molecule has 0 fully saturated rings. The highest BCUT2D eigenvalue weighted by Gasteiger charge is 2.14. The van der Waals surface area contributed by atoms with E-state index in [1.54, 1.807) is 22.7 Å². The quantitative estimate of drug-likeness (QED) is 0.562. The van der Waals surface area contributed by atoms with Crippen LogP contribution in [0.2, 0.25) is 0 Å². The number of para-hydroxylation sites is 1. The zero-order valence-corrected chi connectivity index (χ0v) is 11.9. The summed E-state index contributed by atoms with van der Waals surface area (Å²) in [6.45, 7) is 0. The molecule has 98 valence electrons. The largest absolute Gasteiger partial charge is 0.398 e. The molecule has 0 amide bonds. The van der Waals surface area contributed by atoms with Crippen LogP contribution in [0.3, 0.4) is 0 Å². The molecule has 6 heteroatoms. The normalized spacial score (nSPS) is 11.2. The van der Waals surface area contributed by atoms with Crippen molar-refractivity contribution < 1.29 is 4.52 Å². The van der Waals surface area contributed by atoms with Crippen LogP contribution in [0, 0.1) is 0 Å². The Hall–Kier alpha value is -2.18. The molecule has 20 heavy (non-hydrogen) atoms. The third-order valence-corrected chi connectivity index (χ3v) is 5.06. The third kappa shape index (κ3) is 1.81. The summed E-state index contributed by atoms with van der Waals surface area (Å²) in [5, 5.41) is 6.10. The van der Waals surface area contributed by atoms with E-state index in [4.69, 9.17) is 10.3 Å². The van der Waals surface area contributed by atoms with Gasteiger partial charge in [0.2, 0.25) is 5.82 Å². The predicted molar refractivity (Wildman–Crippen MR) is 82.8 cm³/mol. The lowest BCUT2D eigenvalue weighted by Crippen LogP contribution is -1.90. The predicted octanol–water partition coefficient (Wildman–Crippen LogP) is 4.26. The van der Waals surface area contributed by atoms with Crippen molar-refractivity contribution in [1.29, 1.82) is 0 Å². The minimum Gasteiger partial charge on any atom is -0.398 e. The van der Waals surface area contributed by atoms with Crippen molar-refractivity contribution in [1.82, 2.24) is 10.1 Å². The number of rotatable bonds is 2. The molecule has 0 spiro atoms. The number of hydrogen-bond donors (Lipinski definition) is 1. The van der Waals surface area contributed by atoms with Crippen LogP contribution in [-0.4, -0.2) is 10.1 Å². The number of anilines is 1. The van der Waals surface area contributed by atoms with E-state index in [9.17, 15) is 0 Å². The van der Waals surface area contributed by atoms with Gasteiger partial charge in [-0.3, -0.25) is 0 Å². The van der Waals surface area contributed by atoms with Gasteiger partial charge >= 0.3 is 0 Å². The lowest BCUT2D eigenvalue weighted by molar-refractivity contribution is 0.433. The zero-order valence-electron chi connectivity index (χ0n) is 10.2. The maximum Gasteiger partial charge on any atom is 0.268 e. The van der Waals surface area contributed by atoms with E-state index in [0.717, 1.165) is 10.4 Å². The van der Waals surface area contributed by atoms with E-state index in [1.165, 1.54) is 9.40 Å². The molecule has 0 radical (unpaired) electrons. The van der Waals surface area contributed by atoms with Gasteiger partial charge < -0.3 is 10.3 Å². The minimum absolute atomic E-state index is 0.523. The number of nitrogens with two attached hydrogens (primary N) is 1. The number of hydrogen-bond acceptors (Lipinski definition) is 6. The standard InChI is InChI=1S/C14H9N3OS2/c15-9-4-2-1-3-8(9)13-16-14(18-17-13)12-7-11-10(20-12)5-6-19-11/h1-7H,15H2. The summed E-state index contributed by atoms with van der Waals surface area (Å²) >= 11 is 3.36. The molecule has 3 aromatic heterocycles. The zero-order chi connectivity index (χ0) is 13.5. The molecule has 0 aliphatic heterocycles. The molecule has 2 N–H and O–H groups in total. The minimum atomic E-state index is 0.523. The Morgan fingerprint density at radius 2 is 2.00 bits per heavy atom. The highest BCUT2D eigenvalue weighted by atomic mass is 32.1. The number of nitrogens with zero attached hydrogens (tertiary/aromatic N) is 2. The second kappa shape index (κ2) is 4.43. The van der Waals surface area contributed by atoms with E-state index in [-0.39, 0.29) is 0 Å². The van der Waals surface area contributed by atoms with Crippen LogP contribution in [0.15, 0.2) is 46.3 Å². The van der Waals surface area contributed by atoms with E-state index in [1.807, 2.05) is 24.3 Å². The monoisotopic (exact) mass is 299 g/mol. The van der Waals surface area contributed by atoms with Gasteiger partial charge in [-0.1, -0.05) is 17.3 Å². The smallest absolute Gasteiger partial charge is 0.268 e. The van der Waals surface area contributed by atoms with E-state index >= 15 is 0 Å². The van der Waals surface area contributed by atoms with Gasteiger partial charge in [-0.15, -0.1) is 22.7 Å². The molecule has 4 rings (SSSR count). The lowest BCUT2D eigenvalue weighted by Gasteiger charge is -1.97. The fourth-order valence-corrected chi connectivity index (χ4v) is 4.04. The second-order valence-electron chi connectivity index (χ2n) is 4.27. The SMILES string of the molecule is Nc1ccccc1-c1noc(-c2cc3sccc3s2)n1. The molecule has 0 atom stereocenters. The Bertz CT molecular complexity index is 862. The van der Waals surface area contributed by atoms with Gasteiger partial charge in [-0.05, 0) is 29.6 Å². The van der Waals surface area contributed by atoms with Crippen molar-refractivity contribution in [3.8, 4) is 22.2 Å². The van der Waals surface area contributed by atoms with Gasteiger partial charge in [0.1, 0.15) is 0 Å². The molecule has 0 aliphatic carbocycles. The Kier molecular flexibility index (Phi) is 2.58. The second-order valence-corrected chi connectivity index (χ2v) is 6.30. The fraction of sp³-hybridized carbons (Fsp3) is 0. The highest BCUT2D eigenvalue weighted by molar-refractivity contribution is 7.28. The molecule has 0 unspecified atom stereocenters. The summed E-state index contributed by atoms with van der Waals surface area (Å²) in [7, 11) is 0. The number of fused-ring (bicyclic) bond motifs is 1. The molecule has 0 saturated carbocycles. The molecular formula is C14H9N3OS2. The summed E-state index contributed by atoms with van der Waals surface area (Å²) < 4.78 is 7.84. The van der Waals surface area contributed by atoms with E-state index in [0.29, 0.717) is 17.4 Å². The maximum absolute atomic E-state index is 5.93. The molecule has 0 saturated heterocycles. The van der Waals surface area contributed by atoms with Crippen molar-refractivity contribution >= 4 is 37.8 Å². The van der Waals surface area contributed by atoms with Crippen molar-refractivity contribution in [3.05, 3.63) is 41.8 Å². The Labute approximate surface area is 122 Å². The van der Waals surface area contributed by atoms with Crippen molar-refractivity contribution in [2.75, 3.05) is 5.73 Å². The van der Waals surface area contributed by atoms with E-state index in [2.05, 4.69) is 27.7 Å². The number of nitrogen functional groups attached to an aromatic ring is 1. The van der Waals surface area contributed by atoms with Crippen LogP contribution in [0.1, 0.15) is 0 Å². The average Bonchev–Trinajstić information content (AvgIpc) is 3.13. The Morgan fingerprint density at radius 3 is 2.85 bits per heavy atom. The first-order chi connectivity index (χ1) is 9.81. The van der Waals surface area contributed by atoms with Crippen LogP contribution in [0.25, 0.3) is 31.6 Å². The summed E-state index contributed by atoms with van der Waals surface area (Å²) in [4.78, 5) is 5.43. The van der Waals surface area contributed by atoms with Gasteiger partial charge in [0, 0.05) is 20.7 Å². The molecular weight excluding hydrogens is 290 g/mol. The van der Waals surface area contributed by atoms with Gasteiger partial charge in [0.15, 0.2) is 0 Å². The van der Waals surface area contributed by atoms with Crippen LogP contribution < -0.4 is 5.73 Å². The summed E-state index contributed by atoms with van der Waals surface area (Å²) in [6.07, 6.45) is 0. The first-order valence-corrected chi connectivity index (χ1v) is 7.67. The van der Waals surface area contributed by atoms with Crippen molar-refractivity contribution in [2.24, 2.45) is 0 Å². The van der Waals surface area contributed by atoms with Crippen LogP contribution in [0.4, 0.5) is 5.69 Å². The van der Waals surface area contributed by atoms with Gasteiger partial charge in [0.05, 0.1) is 4.88 Å². The maximum atomic E-state index is 5.93. The summed E-state index contributed by atoms with van der Waals surface area (Å²) in [5.41, 5.74) is 7.37. The lowest BCUT2D eigenvalue weighted by atomic mass is 10.2. The topological polar surface area (TPSA) is 64.9 Å². The van der Waals surface area contributed by atoms with Gasteiger partial charge in [0.25, 0.3) is 5.89 Å². The molecule has 0 bridgehead atoms.